The first-order valence-corrected chi connectivity index (χ1v) is 11.3. The van der Waals surface area contributed by atoms with Crippen LogP contribution in [0.15, 0.2) is 71.6 Å². The zero-order chi connectivity index (χ0) is 20.9. The van der Waals surface area contributed by atoms with Crippen molar-refractivity contribution in [2.75, 3.05) is 11.4 Å². The number of anilines is 1. The van der Waals surface area contributed by atoms with Gasteiger partial charge in [0, 0.05) is 6.54 Å². The Bertz CT molecular complexity index is 1260. The number of benzene rings is 3. The Morgan fingerprint density at radius 2 is 1.77 bits per heavy atom. The molecule has 6 nitrogen and oxygen atoms in total. The maximum absolute atomic E-state index is 12.9. The van der Waals surface area contributed by atoms with E-state index >= 15 is 0 Å². The van der Waals surface area contributed by atoms with Crippen molar-refractivity contribution in [3.63, 3.8) is 0 Å². The highest BCUT2D eigenvalue weighted by Crippen LogP contribution is 2.40. The molecule has 3 aromatic carbocycles. The Morgan fingerprint density at radius 1 is 0.967 bits per heavy atom. The number of nitrogens with one attached hydrogen (secondary N) is 1. The lowest BCUT2D eigenvalue weighted by atomic mass is 9.92. The van der Waals surface area contributed by atoms with Crippen molar-refractivity contribution in [3.8, 4) is 22.3 Å². The van der Waals surface area contributed by atoms with Crippen LogP contribution in [0.5, 0.6) is 0 Å². The van der Waals surface area contributed by atoms with E-state index in [1.54, 1.807) is 24.3 Å². The third-order valence-corrected chi connectivity index (χ3v) is 7.25. The quantitative estimate of drug-likeness (QED) is 0.670. The van der Waals surface area contributed by atoms with E-state index in [0.29, 0.717) is 16.8 Å². The molecule has 2 aliphatic rings. The number of aromatic carboxylic acids is 1. The van der Waals surface area contributed by atoms with E-state index in [-0.39, 0.29) is 16.6 Å². The fourth-order valence-corrected chi connectivity index (χ4v) is 5.81. The Hall–Kier alpha value is -3.16. The number of sulfonamides is 1. The van der Waals surface area contributed by atoms with Crippen LogP contribution < -0.4 is 9.62 Å². The minimum Gasteiger partial charge on any atom is -0.478 e. The lowest BCUT2D eigenvalue weighted by Gasteiger charge is -2.34. The molecule has 1 atom stereocenters. The van der Waals surface area contributed by atoms with Crippen molar-refractivity contribution in [1.29, 1.82) is 0 Å². The second-order valence-corrected chi connectivity index (χ2v) is 9.27. The summed E-state index contributed by atoms with van der Waals surface area (Å²) in [6.45, 7) is 0.809. The van der Waals surface area contributed by atoms with E-state index < -0.39 is 16.0 Å². The van der Waals surface area contributed by atoms with Crippen LogP contribution in [0.25, 0.3) is 22.3 Å². The van der Waals surface area contributed by atoms with Gasteiger partial charge in [-0.15, -0.1) is 0 Å². The number of carboxylic acids is 1. The topological polar surface area (TPSA) is 86.7 Å². The van der Waals surface area contributed by atoms with E-state index in [9.17, 15) is 18.3 Å². The van der Waals surface area contributed by atoms with Crippen molar-refractivity contribution in [1.82, 2.24) is 4.72 Å². The molecule has 1 unspecified atom stereocenters. The lowest BCUT2D eigenvalue weighted by molar-refractivity contribution is 0.0697. The summed E-state index contributed by atoms with van der Waals surface area (Å²) in [5.74, 6) is -1.02. The molecule has 0 saturated carbocycles. The van der Waals surface area contributed by atoms with Gasteiger partial charge in [0.1, 0.15) is 4.90 Å². The fourth-order valence-electron chi connectivity index (χ4n) is 4.34. The summed E-state index contributed by atoms with van der Waals surface area (Å²) in [5, 5.41) is 9.48. The first kappa shape index (κ1) is 18.8. The van der Waals surface area contributed by atoms with E-state index in [1.165, 1.54) is 0 Å². The first-order chi connectivity index (χ1) is 14.4. The number of hydrogen-bond acceptors (Lipinski definition) is 4. The molecule has 30 heavy (non-hydrogen) atoms. The molecule has 0 radical (unpaired) electrons. The molecule has 1 fully saturated rings. The predicted octanol–water partition coefficient (Wildman–Crippen LogP) is 3.94. The van der Waals surface area contributed by atoms with Crippen LogP contribution in [-0.4, -0.2) is 32.2 Å². The number of fused-ring (bicyclic) bond motifs is 3. The van der Waals surface area contributed by atoms with Gasteiger partial charge in [0.05, 0.1) is 17.4 Å². The van der Waals surface area contributed by atoms with Gasteiger partial charge < -0.3 is 10.0 Å². The van der Waals surface area contributed by atoms with Gasteiger partial charge in [0.2, 0.25) is 10.0 Å². The first-order valence-electron chi connectivity index (χ1n) is 9.80. The molecule has 2 aliphatic heterocycles. The largest absolute Gasteiger partial charge is 0.478 e. The van der Waals surface area contributed by atoms with Gasteiger partial charge in [-0.3, -0.25) is 0 Å². The normalized spacial score (nSPS) is 19.2. The molecule has 0 aliphatic carbocycles. The molecule has 0 aromatic heterocycles. The lowest BCUT2D eigenvalue weighted by Crippen LogP contribution is -2.48. The Labute approximate surface area is 174 Å². The van der Waals surface area contributed by atoms with Crippen LogP contribution in [-0.2, 0) is 10.0 Å². The SMILES string of the molecule is O=C(O)c1ccc(-c2ccccc2)c(-c2ccc3c(c2)S(=O)(=O)NC2CCCN32)c1. The van der Waals surface area contributed by atoms with Crippen LogP contribution in [0, 0.1) is 0 Å². The fraction of sp³-hybridized carbons (Fsp3) is 0.174. The smallest absolute Gasteiger partial charge is 0.335 e. The third-order valence-electron chi connectivity index (χ3n) is 5.77. The summed E-state index contributed by atoms with van der Waals surface area (Å²) in [5.41, 5.74) is 3.99. The zero-order valence-corrected chi connectivity index (χ0v) is 16.9. The van der Waals surface area contributed by atoms with Crippen LogP contribution in [0.2, 0.25) is 0 Å². The van der Waals surface area contributed by atoms with Crippen LogP contribution in [0.1, 0.15) is 23.2 Å². The average molecular weight is 420 g/mol. The van der Waals surface area contributed by atoms with Gasteiger partial charge in [-0.1, -0.05) is 42.5 Å². The number of rotatable bonds is 3. The Kier molecular flexibility index (Phi) is 4.38. The van der Waals surface area contributed by atoms with E-state index in [0.717, 1.165) is 30.5 Å². The summed E-state index contributed by atoms with van der Waals surface area (Å²) in [4.78, 5) is 13.9. The third kappa shape index (κ3) is 3.07. The van der Waals surface area contributed by atoms with Gasteiger partial charge >= 0.3 is 5.97 Å². The molecule has 0 spiro atoms. The number of hydrogen-bond donors (Lipinski definition) is 2. The van der Waals surface area contributed by atoms with Gasteiger partial charge in [-0.25, -0.2) is 13.2 Å². The van der Waals surface area contributed by atoms with Crippen LogP contribution in [0.4, 0.5) is 5.69 Å². The van der Waals surface area contributed by atoms with Crippen molar-refractivity contribution < 1.29 is 18.3 Å². The molecular formula is C23H20N2O4S. The zero-order valence-electron chi connectivity index (χ0n) is 16.1. The second kappa shape index (κ2) is 6.97. The molecular weight excluding hydrogens is 400 g/mol. The summed E-state index contributed by atoms with van der Waals surface area (Å²) in [6, 6.07) is 20.0. The van der Waals surface area contributed by atoms with E-state index in [4.69, 9.17) is 0 Å². The molecule has 5 rings (SSSR count). The summed E-state index contributed by atoms with van der Waals surface area (Å²) in [7, 11) is -3.64. The molecule has 2 heterocycles. The van der Waals surface area contributed by atoms with Crippen molar-refractivity contribution in [2.45, 2.75) is 23.9 Å². The van der Waals surface area contributed by atoms with Crippen molar-refractivity contribution in [3.05, 3.63) is 72.3 Å². The highest BCUT2D eigenvalue weighted by atomic mass is 32.2. The number of carboxylic acid groups (broad SMARTS) is 1. The molecule has 7 heteroatoms. The standard InChI is InChI=1S/C23H20N2O4S/c26-23(27)17-8-10-18(15-5-2-1-3-6-15)19(13-17)16-9-11-20-21(14-16)30(28,29)24-22-7-4-12-25(20)22/h1-3,5-6,8-11,13-14,22,24H,4,7,12H2,(H,26,27). The van der Waals surface area contributed by atoms with Crippen LogP contribution in [0.3, 0.4) is 0 Å². The minimum absolute atomic E-state index is 0.156. The number of nitrogens with zero attached hydrogens (tertiary/aromatic N) is 1. The molecule has 1 saturated heterocycles. The van der Waals surface area contributed by atoms with Gasteiger partial charge in [-0.05, 0) is 59.4 Å². The van der Waals surface area contributed by atoms with E-state index in [1.807, 2.05) is 42.5 Å². The van der Waals surface area contributed by atoms with Crippen molar-refractivity contribution in [2.24, 2.45) is 0 Å². The Morgan fingerprint density at radius 3 is 2.53 bits per heavy atom. The summed E-state index contributed by atoms with van der Waals surface area (Å²) < 4.78 is 28.6. The van der Waals surface area contributed by atoms with Gasteiger partial charge in [0.15, 0.2) is 0 Å². The summed E-state index contributed by atoms with van der Waals surface area (Å²) >= 11 is 0. The van der Waals surface area contributed by atoms with Gasteiger partial charge in [0.25, 0.3) is 0 Å². The van der Waals surface area contributed by atoms with Crippen LogP contribution >= 0.6 is 0 Å². The molecule has 0 amide bonds. The van der Waals surface area contributed by atoms with E-state index in [2.05, 4.69) is 9.62 Å². The molecule has 2 N–H and O–H groups in total. The Balaban J connectivity index is 1.71. The second-order valence-electron chi connectivity index (χ2n) is 7.59. The maximum atomic E-state index is 12.9. The molecule has 3 aromatic rings. The number of carbonyl (C=O) groups is 1. The maximum Gasteiger partial charge on any atom is 0.335 e. The van der Waals surface area contributed by atoms with Gasteiger partial charge in [-0.2, -0.15) is 4.72 Å². The average Bonchev–Trinajstić information content (AvgIpc) is 3.21. The highest BCUT2D eigenvalue weighted by molar-refractivity contribution is 7.89. The minimum atomic E-state index is -3.64. The molecule has 152 valence electrons. The van der Waals surface area contributed by atoms with Crippen molar-refractivity contribution >= 4 is 21.7 Å². The predicted molar refractivity (Wildman–Crippen MR) is 115 cm³/mol. The molecule has 0 bridgehead atoms. The highest BCUT2D eigenvalue weighted by Gasteiger charge is 2.37. The monoisotopic (exact) mass is 420 g/mol. The summed E-state index contributed by atoms with van der Waals surface area (Å²) in [6.07, 6.45) is 1.54.